The summed E-state index contributed by atoms with van der Waals surface area (Å²) >= 11 is 6.74. The van der Waals surface area contributed by atoms with Gasteiger partial charge in [0.2, 0.25) is 0 Å². The van der Waals surface area contributed by atoms with Crippen LogP contribution in [0.1, 0.15) is 23.2 Å². The molecule has 0 spiro atoms. The van der Waals surface area contributed by atoms with E-state index >= 15 is 0 Å². The van der Waals surface area contributed by atoms with Gasteiger partial charge >= 0.3 is 0 Å². The smallest absolute Gasteiger partial charge is 0.255 e. The lowest BCUT2D eigenvalue weighted by atomic mass is 10.2. The summed E-state index contributed by atoms with van der Waals surface area (Å²) in [5.41, 5.74) is 0.547. The zero-order valence-electron chi connectivity index (χ0n) is 8.00. The highest BCUT2D eigenvalue weighted by Crippen LogP contribution is 2.36. The standard InChI is InChI=1S/C10H11Br2NO2/c11-8(6-1-2-6)5-13-10(14)7-3-4-15-9(7)12/h3-4,6,8H,1-2,5H2,(H,13,14). The lowest BCUT2D eigenvalue weighted by Gasteiger charge is -2.08. The maximum atomic E-state index is 11.7. The van der Waals surface area contributed by atoms with Crippen LogP contribution in [-0.2, 0) is 0 Å². The van der Waals surface area contributed by atoms with Crippen LogP contribution < -0.4 is 5.32 Å². The Morgan fingerprint density at radius 2 is 2.40 bits per heavy atom. The Bertz CT molecular complexity index is 360. The zero-order valence-corrected chi connectivity index (χ0v) is 11.2. The molecule has 0 radical (unpaired) electrons. The minimum Gasteiger partial charge on any atom is -0.457 e. The first-order chi connectivity index (χ1) is 7.18. The summed E-state index contributed by atoms with van der Waals surface area (Å²) in [4.78, 5) is 12.0. The first kappa shape index (κ1) is 11.2. The number of hydrogen-bond acceptors (Lipinski definition) is 2. The number of amides is 1. The molecule has 1 aromatic heterocycles. The average Bonchev–Trinajstić information content (AvgIpc) is 2.98. The van der Waals surface area contributed by atoms with Crippen LogP contribution in [0, 0.1) is 5.92 Å². The van der Waals surface area contributed by atoms with Crippen molar-refractivity contribution in [2.75, 3.05) is 6.54 Å². The molecule has 5 heteroatoms. The fourth-order valence-electron chi connectivity index (χ4n) is 1.37. The molecule has 1 aliphatic carbocycles. The quantitative estimate of drug-likeness (QED) is 0.859. The van der Waals surface area contributed by atoms with Gasteiger partial charge in [-0.05, 0) is 40.8 Å². The zero-order chi connectivity index (χ0) is 10.8. The van der Waals surface area contributed by atoms with E-state index in [0.29, 0.717) is 21.6 Å². The third kappa shape index (κ3) is 2.84. The molecule has 0 aromatic carbocycles. The van der Waals surface area contributed by atoms with Gasteiger partial charge in [-0.3, -0.25) is 4.79 Å². The average molecular weight is 337 g/mol. The molecule has 1 heterocycles. The Hall–Kier alpha value is -0.290. The number of hydrogen-bond donors (Lipinski definition) is 1. The van der Waals surface area contributed by atoms with Gasteiger partial charge < -0.3 is 9.73 Å². The normalized spacial score (nSPS) is 17.5. The van der Waals surface area contributed by atoms with Crippen molar-refractivity contribution in [3.05, 3.63) is 22.6 Å². The molecule has 0 saturated heterocycles. The monoisotopic (exact) mass is 335 g/mol. The molecule has 1 amide bonds. The van der Waals surface area contributed by atoms with Gasteiger partial charge in [0.25, 0.3) is 5.91 Å². The van der Waals surface area contributed by atoms with Gasteiger partial charge in [-0.15, -0.1) is 0 Å². The topological polar surface area (TPSA) is 42.2 Å². The van der Waals surface area contributed by atoms with E-state index in [1.54, 1.807) is 6.07 Å². The van der Waals surface area contributed by atoms with Crippen molar-refractivity contribution in [3.63, 3.8) is 0 Å². The molecule has 1 fully saturated rings. The van der Waals surface area contributed by atoms with E-state index in [0.717, 1.165) is 5.92 Å². The molecule has 1 unspecified atom stereocenters. The molecule has 82 valence electrons. The fourth-order valence-corrected chi connectivity index (χ4v) is 2.48. The number of carbonyl (C=O) groups excluding carboxylic acids is 1. The Kier molecular flexibility index (Phi) is 3.51. The first-order valence-electron chi connectivity index (χ1n) is 4.83. The van der Waals surface area contributed by atoms with Crippen LogP contribution in [-0.4, -0.2) is 17.3 Å². The number of rotatable bonds is 4. The molecule has 0 aliphatic heterocycles. The largest absolute Gasteiger partial charge is 0.457 e. The van der Waals surface area contributed by atoms with Crippen LogP contribution in [0.3, 0.4) is 0 Å². The molecule has 1 aromatic rings. The van der Waals surface area contributed by atoms with Crippen molar-refractivity contribution in [2.45, 2.75) is 17.7 Å². The SMILES string of the molecule is O=C(NCC(Br)C1CC1)c1ccoc1Br. The molecular weight excluding hydrogens is 326 g/mol. The van der Waals surface area contributed by atoms with Crippen LogP contribution in [0.4, 0.5) is 0 Å². The summed E-state index contributed by atoms with van der Waals surface area (Å²) in [5.74, 6) is 0.638. The minimum atomic E-state index is -0.0966. The Labute approximate surface area is 105 Å². The van der Waals surface area contributed by atoms with Gasteiger partial charge in [0.15, 0.2) is 4.67 Å². The summed E-state index contributed by atoms with van der Waals surface area (Å²) in [6.45, 7) is 0.668. The van der Waals surface area contributed by atoms with Crippen LogP contribution >= 0.6 is 31.9 Å². The molecule has 3 nitrogen and oxygen atoms in total. The van der Waals surface area contributed by atoms with E-state index < -0.39 is 0 Å². The number of nitrogens with one attached hydrogen (secondary N) is 1. The van der Waals surface area contributed by atoms with Crippen molar-refractivity contribution in [2.24, 2.45) is 5.92 Å². The summed E-state index contributed by atoms with van der Waals surface area (Å²) in [6.07, 6.45) is 4.02. The second-order valence-corrected chi connectivity index (χ2v) is 5.57. The number of furan rings is 1. The van der Waals surface area contributed by atoms with Crippen LogP contribution in [0.2, 0.25) is 0 Å². The first-order valence-corrected chi connectivity index (χ1v) is 6.54. The van der Waals surface area contributed by atoms with Crippen molar-refractivity contribution in [1.82, 2.24) is 5.32 Å². The Morgan fingerprint density at radius 1 is 1.67 bits per heavy atom. The summed E-state index contributed by atoms with van der Waals surface area (Å²) < 4.78 is 5.48. The second kappa shape index (κ2) is 4.70. The van der Waals surface area contributed by atoms with E-state index in [1.165, 1.54) is 19.1 Å². The third-order valence-electron chi connectivity index (χ3n) is 2.45. The van der Waals surface area contributed by atoms with E-state index in [9.17, 15) is 4.79 Å². The number of halogens is 2. The van der Waals surface area contributed by atoms with Gasteiger partial charge in [-0.2, -0.15) is 0 Å². The molecule has 1 saturated carbocycles. The molecule has 1 atom stereocenters. The van der Waals surface area contributed by atoms with Gasteiger partial charge in [0.05, 0.1) is 11.8 Å². The van der Waals surface area contributed by atoms with Gasteiger partial charge in [0.1, 0.15) is 0 Å². The molecule has 2 rings (SSSR count). The summed E-state index contributed by atoms with van der Waals surface area (Å²) in [7, 11) is 0. The molecular formula is C10H11Br2NO2. The van der Waals surface area contributed by atoms with E-state index in [1.807, 2.05) is 0 Å². The summed E-state index contributed by atoms with van der Waals surface area (Å²) in [5, 5.41) is 2.87. The van der Waals surface area contributed by atoms with E-state index in [2.05, 4.69) is 37.2 Å². The molecule has 1 N–H and O–H groups in total. The maximum absolute atomic E-state index is 11.7. The predicted molar refractivity (Wildman–Crippen MR) is 64.2 cm³/mol. The number of carbonyl (C=O) groups is 1. The lowest BCUT2D eigenvalue weighted by Crippen LogP contribution is -2.30. The van der Waals surface area contributed by atoms with Crippen LogP contribution in [0.25, 0.3) is 0 Å². The van der Waals surface area contributed by atoms with Crippen LogP contribution in [0.5, 0.6) is 0 Å². The third-order valence-corrected chi connectivity index (χ3v) is 4.14. The van der Waals surface area contributed by atoms with Gasteiger partial charge in [0, 0.05) is 11.4 Å². The second-order valence-electron chi connectivity index (χ2n) is 3.67. The van der Waals surface area contributed by atoms with Crippen molar-refractivity contribution < 1.29 is 9.21 Å². The van der Waals surface area contributed by atoms with Crippen molar-refractivity contribution in [3.8, 4) is 0 Å². The van der Waals surface area contributed by atoms with E-state index in [-0.39, 0.29) is 5.91 Å². The van der Waals surface area contributed by atoms with Crippen molar-refractivity contribution >= 4 is 37.8 Å². The lowest BCUT2D eigenvalue weighted by molar-refractivity contribution is 0.0951. The highest BCUT2D eigenvalue weighted by atomic mass is 79.9. The molecule has 0 bridgehead atoms. The predicted octanol–water partition coefficient (Wildman–Crippen LogP) is 2.95. The van der Waals surface area contributed by atoms with Crippen LogP contribution in [0.15, 0.2) is 21.4 Å². The minimum absolute atomic E-state index is 0.0966. The Morgan fingerprint density at radius 3 is 2.93 bits per heavy atom. The fraction of sp³-hybridized carbons (Fsp3) is 0.500. The number of alkyl halides is 1. The van der Waals surface area contributed by atoms with Gasteiger partial charge in [-0.25, -0.2) is 0 Å². The highest BCUT2D eigenvalue weighted by Gasteiger charge is 2.29. The van der Waals surface area contributed by atoms with E-state index in [4.69, 9.17) is 4.42 Å². The maximum Gasteiger partial charge on any atom is 0.255 e. The van der Waals surface area contributed by atoms with Gasteiger partial charge in [-0.1, -0.05) is 15.9 Å². The molecule has 15 heavy (non-hydrogen) atoms. The molecule has 1 aliphatic rings. The summed E-state index contributed by atoms with van der Waals surface area (Å²) in [6, 6.07) is 1.65. The van der Waals surface area contributed by atoms with Crippen molar-refractivity contribution in [1.29, 1.82) is 0 Å². The Balaban J connectivity index is 1.84. The highest BCUT2D eigenvalue weighted by molar-refractivity contribution is 9.10.